The molecule has 1 fully saturated rings. The van der Waals surface area contributed by atoms with Crippen molar-refractivity contribution in [1.82, 2.24) is 14.8 Å². The van der Waals surface area contributed by atoms with Crippen molar-refractivity contribution >= 4 is 11.9 Å². The Labute approximate surface area is 130 Å². The second-order valence-electron chi connectivity index (χ2n) is 5.99. The summed E-state index contributed by atoms with van der Waals surface area (Å²) in [6.45, 7) is 2.34. The Morgan fingerprint density at radius 1 is 1.32 bits per heavy atom. The quantitative estimate of drug-likeness (QED) is 0.758. The van der Waals surface area contributed by atoms with E-state index in [0.717, 1.165) is 37.1 Å². The third kappa shape index (κ3) is 2.59. The maximum atomic E-state index is 12.9. The summed E-state index contributed by atoms with van der Waals surface area (Å²) in [7, 11) is 3.43. The summed E-state index contributed by atoms with van der Waals surface area (Å²) in [5.41, 5.74) is 2.82. The monoisotopic (exact) mass is 303 g/mol. The van der Waals surface area contributed by atoms with E-state index in [1.807, 2.05) is 6.20 Å². The Kier molecular flexibility index (Phi) is 4.11. The van der Waals surface area contributed by atoms with Crippen LogP contribution in [0.1, 0.15) is 34.3 Å². The van der Waals surface area contributed by atoms with Gasteiger partial charge in [0.15, 0.2) is 0 Å². The first-order chi connectivity index (χ1) is 10.6. The SMILES string of the molecule is COC(=O)C1CCCN1C(=O)c1cncc2c1CCN(C)C2. The highest BCUT2D eigenvalue weighted by atomic mass is 16.5. The van der Waals surface area contributed by atoms with E-state index in [1.54, 1.807) is 11.1 Å². The van der Waals surface area contributed by atoms with Crippen LogP contribution in [0, 0.1) is 0 Å². The second-order valence-corrected chi connectivity index (χ2v) is 5.99. The lowest BCUT2D eigenvalue weighted by Crippen LogP contribution is -2.42. The van der Waals surface area contributed by atoms with Crippen molar-refractivity contribution in [1.29, 1.82) is 0 Å². The molecule has 6 heteroatoms. The Bertz CT molecular complexity index is 602. The molecule has 1 amide bonds. The van der Waals surface area contributed by atoms with Gasteiger partial charge >= 0.3 is 5.97 Å². The normalized spacial score (nSPS) is 21.5. The highest BCUT2D eigenvalue weighted by Gasteiger charge is 2.36. The fraction of sp³-hybridized carbons (Fsp3) is 0.562. The first-order valence-electron chi connectivity index (χ1n) is 7.65. The molecule has 0 bridgehead atoms. The lowest BCUT2D eigenvalue weighted by atomic mass is 9.96. The second kappa shape index (κ2) is 6.04. The van der Waals surface area contributed by atoms with Crippen LogP contribution < -0.4 is 0 Å². The van der Waals surface area contributed by atoms with E-state index in [9.17, 15) is 9.59 Å². The lowest BCUT2D eigenvalue weighted by molar-refractivity contribution is -0.145. The summed E-state index contributed by atoms with van der Waals surface area (Å²) in [6, 6.07) is -0.459. The maximum Gasteiger partial charge on any atom is 0.328 e. The number of fused-ring (bicyclic) bond motifs is 1. The number of amides is 1. The van der Waals surface area contributed by atoms with Crippen molar-refractivity contribution in [3.63, 3.8) is 0 Å². The number of nitrogens with zero attached hydrogens (tertiary/aromatic N) is 3. The average Bonchev–Trinajstić information content (AvgIpc) is 3.02. The third-order valence-corrected chi connectivity index (χ3v) is 4.55. The number of esters is 1. The van der Waals surface area contributed by atoms with Gasteiger partial charge in [0.1, 0.15) is 6.04 Å². The highest BCUT2D eigenvalue weighted by Crippen LogP contribution is 2.26. The van der Waals surface area contributed by atoms with Gasteiger partial charge in [-0.2, -0.15) is 0 Å². The van der Waals surface area contributed by atoms with Crippen LogP contribution in [0.5, 0.6) is 0 Å². The van der Waals surface area contributed by atoms with Gasteiger partial charge in [-0.3, -0.25) is 9.78 Å². The number of carbonyl (C=O) groups excluding carboxylic acids is 2. The Morgan fingerprint density at radius 2 is 2.14 bits per heavy atom. The summed E-state index contributed by atoms with van der Waals surface area (Å²) < 4.78 is 4.82. The fourth-order valence-electron chi connectivity index (χ4n) is 3.36. The Hall–Kier alpha value is -1.95. The van der Waals surface area contributed by atoms with Crippen molar-refractivity contribution in [2.24, 2.45) is 0 Å². The van der Waals surface area contributed by atoms with Crippen molar-refractivity contribution in [3.8, 4) is 0 Å². The minimum Gasteiger partial charge on any atom is -0.467 e. The molecule has 22 heavy (non-hydrogen) atoms. The molecule has 0 spiro atoms. The summed E-state index contributed by atoms with van der Waals surface area (Å²) in [5, 5.41) is 0. The number of methoxy groups -OCH3 is 1. The van der Waals surface area contributed by atoms with E-state index in [1.165, 1.54) is 7.11 Å². The fourth-order valence-corrected chi connectivity index (χ4v) is 3.36. The zero-order valence-electron chi connectivity index (χ0n) is 13.0. The molecule has 1 aromatic heterocycles. The number of pyridine rings is 1. The van der Waals surface area contributed by atoms with E-state index in [2.05, 4.69) is 16.9 Å². The number of hydrogen-bond acceptors (Lipinski definition) is 5. The highest BCUT2D eigenvalue weighted by molar-refractivity contribution is 5.98. The lowest BCUT2D eigenvalue weighted by Gasteiger charge is -2.28. The van der Waals surface area contributed by atoms with E-state index in [4.69, 9.17) is 4.74 Å². The van der Waals surface area contributed by atoms with Crippen LogP contribution >= 0.6 is 0 Å². The van der Waals surface area contributed by atoms with Gasteiger partial charge in [0.25, 0.3) is 5.91 Å². The van der Waals surface area contributed by atoms with Crippen LogP contribution in [0.3, 0.4) is 0 Å². The summed E-state index contributed by atoms with van der Waals surface area (Å²) >= 11 is 0. The molecule has 0 radical (unpaired) electrons. The third-order valence-electron chi connectivity index (χ3n) is 4.55. The predicted octanol–water partition coefficient (Wildman–Crippen LogP) is 0.847. The number of ether oxygens (including phenoxy) is 1. The standard InChI is InChI=1S/C16H21N3O3/c1-18-7-5-12-11(10-18)8-17-9-13(12)15(20)19-6-3-4-14(19)16(21)22-2/h8-9,14H,3-7,10H2,1-2H3. The first kappa shape index (κ1) is 15.0. The van der Waals surface area contributed by atoms with Gasteiger partial charge in [0.05, 0.1) is 12.7 Å². The van der Waals surface area contributed by atoms with Crippen molar-refractivity contribution in [2.45, 2.75) is 31.8 Å². The van der Waals surface area contributed by atoms with Crippen LogP contribution in [-0.4, -0.2) is 59.9 Å². The molecular formula is C16H21N3O3. The van der Waals surface area contributed by atoms with Gasteiger partial charge in [-0.1, -0.05) is 0 Å². The molecular weight excluding hydrogens is 282 g/mol. The number of carbonyl (C=O) groups is 2. The number of aromatic nitrogens is 1. The van der Waals surface area contributed by atoms with Crippen molar-refractivity contribution in [2.75, 3.05) is 27.2 Å². The predicted molar refractivity (Wildman–Crippen MR) is 80.3 cm³/mol. The molecule has 0 saturated carbocycles. The molecule has 1 atom stereocenters. The summed E-state index contributed by atoms with van der Waals surface area (Å²) in [5.74, 6) is -0.426. The van der Waals surface area contributed by atoms with Gasteiger partial charge in [0.2, 0.25) is 0 Å². The van der Waals surface area contributed by atoms with Crippen LogP contribution in [0.2, 0.25) is 0 Å². The van der Waals surface area contributed by atoms with Gasteiger partial charge < -0.3 is 14.5 Å². The van der Waals surface area contributed by atoms with Crippen LogP contribution in [0.4, 0.5) is 0 Å². The topological polar surface area (TPSA) is 62.7 Å². The summed E-state index contributed by atoms with van der Waals surface area (Å²) in [4.78, 5) is 32.8. The van der Waals surface area contributed by atoms with Gasteiger partial charge in [-0.25, -0.2) is 4.79 Å². The van der Waals surface area contributed by atoms with E-state index in [0.29, 0.717) is 18.5 Å². The molecule has 0 aromatic carbocycles. The molecule has 3 heterocycles. The van der Waals surface area contributed by atoms with Gasteiger partial charge in [0, 0.05) is 32.0 Å². The van der Waals surface area contributed by atoms with E-state index >= 15 is 0 Å². The number of hydrogen-bond donors (Lipinski definition) is 0. The minimum atomic E-state index is -0.459. The molecule has 2 aliphatic rings. The Balaban J connectivity index is 1.90. The number of likely N-dealkylation sites (N-methyl/N-ethyl adjacent to an activating group) is 1. The molecule has 0 N–H and O–H groups in total. The Morgan fingerprint density at radius 3 is 2.91 bits per heavy atom. The molecule has 1 saturated heterocycles. The van der Waals surface area contributed by atoms with Gasteiger partial charge in [-0.15, -0.1) is 0 Å². The molecule has 1 unspecified atom stereocenters. The zero-order valence-corrected chi connectivity index (χ0v) is 13.0. The molecule has 6 nitrogen and oxygen atoms in total. The van der Waals surface area contributed by atoms with E-state index < -0.39 is 6.04 Å². The number of likely N-dealkylation sites (tertiary alicyclic amines) is 1. The van der Waals surface area contributed by atoms with Crippen molar-refractivity contribution in [3.05, 3.63) is 29.1 Å². The smallest absolute Gasteiger partial charge is 0.328 e. The summed E-state index contributed by atoms with van der Waals surface area (Å²) in [6.07, 6.45) is 5.81. The minimum absolute atomic E-state index is 0.0956. The van der Waals surface area contributed by atoms with E-state index in [-0.39, 0.29) is 11.9 Å². The molecule has 118 valence electrons. The zero-order chi connectivity index (χ0) is 15.7. The van der Waals surface area contributed by atoms with Crippen LogP contribution in [-0.2, 0) is 22.5 Å². The molecule has 0 aliphatic carbocycles. The molecule has 3 rings (SSSR count). The van der Waals surface area contributed by atoms with Crippen LogP contribution in [0.25, 0.3) is 0 Å². The van der Waals surface area contributed by atoms with Crippen molar-refractivity contribution < 1.29 is 14.3 Å². The maximum absolute atomic E-state index is 12.9. The largest absolute Gasteiger partial charge is 0.467 e. The van der Waals surface area contributed by atoms with Gasteiger partial charge in [-0.05, 0) is 37.4 Å². The average molecular weight is 303 g/mol. The molecule has 1 aromatic rings. The van der Waals surface area contributed by atoms with Crippen LogP contribution in [0.15, 0.2) is 12.4 Å². The molecule has 2 aliphatic heterocycles. The first-order valence-corrected chi connectivity index (χ1v) is 7.65. The number of rotatable bonds is 2.